The van der Waals surface area contributed by atoms with Crippen LogP contribution in [0.1, 0.15) is 0 Å². The van der Waals surface area contributed by atoms with E-state index in [1.807, 2.05) is 0 Å². The molecule has 0 spiro atoms. The standard InChI is InChI=1S/C3H6Br3O2PS/c1-9(7,10)8-2-3(4,5)6/h2H2,1H3,(H,7,10). The van der Waals surface area contributed by atoms with Gasteiger partial charge >= 0.3 is 0 Å². The fraction of sp³-hybridized carbons (Fsp3) is 1.00. The van der Waals surface area contributed by atoms with Gasteiger partial charge in [0, 0.05) is 6.66 Å². The van der Waals surface area contributed by atoms with Gasteiger partial charge in [0.15, 0.2) is 8.63 Å². The van der Waals surface area contributed by atoms with Crippen LogP contribution >= 0.6 is 54.3 Å². The third-order valence-electron chi connectivity index (χ3n) is 0.468. The lowest BCUT2D eigenvalue weighted by atomic mass is 10.9. The van der Waals surface area contributed by atoms with Crippen molar-refractivity contribution in [1.82, 2.24) is 0 Å². The zero-order valence-electron chi connectivity index (χ0n) is 5.05. The summed E-state index contributed by atoms with van der Waals surface area (Å²) in [6.45, 7) is -0.743. The molecule has 7 heteroatoms. The minimum Gasteiger partial charge on any atom is -0.345 e. The summed E-state index contributed by atoms with van der Waals surface area (Å²) >= 11 is 14.2. The normalized spacial score (nSPS) is 18.5. The lowest BCUT2D eigenvalue weighted by Gasteiger charge is -2.15. The summed E-state index contributed by atoms with van der Waals surface area (Å²) in [7, 11) is 0. The van der Waals surface area contributed by atoms with Crippen molar-refractivity contribution in [3.05, 3.63) is 0 Å². The van der Waals surface area contributed by atoms with E-state index in [-0.39, 0.29) is 6.61 Å². The van der Waals surface area contributed by atoms with Crippen LogP contribution in [0.15, 0.2) is 0 Å². The summed E-state index contributed by atoms with van der Waals surface area (Å²) in [5.41, 5.74) is 0. The summed E-state index contributed by atoms with van der Waals surface area (Å²) in [4.78, 5) is 9.02. The monoisotopic (exact) mass is 374 g/mol. The molecule has 0 heterocycles. The molecular weight excluding hydrogens is 371 g/mol. The number of halogens is 3. The molecule has 10 heavy (non-hydrogen) atoms. The van der Waals surface area contributed by atoms with E-state index in [9.17, 15) is 0 Å². The quantitative estimate of drug-likeness (QED) is 0.593. The van der Waals surface area contributed by atoms with E-state index in [0.717, 1.165) is 0 Å². The zero-order chi connectivity index (χ0) is 8.41. The summed E-state index contributed by atoms with van der Waals surface area (Å²) < 4.78 is 4.46. The topological polar surface area (TPSA) is 29.5 Å². The summed E-state index contributed by atoms with van der Waals surface area (Å²) in [5.74, 6) is 0. The maximum atomic E-state index is 9.02. The summed E-state index contributed by atoms with van der Waals surface area (Å²) in [5, 5.41) is 0. The first-order valence-corrected chi connectivity index (χ1v) is 7.72. The first-order valence-electron chi connectivity index (χ1n) is 2.22. The average Bonchev–Trinajstić information content (AvgIpc) is 1.57. The van der Waals surface area contributed by atoms with Crippen molar-refractivity contribution in [2.75, 3.05) is 13.3 Å². The molecule has 0 aromatic heterocycles. The maximum Gasteiger partial charge on any atom is 0.183 e. The molecule has 1 N–H and O–H groups in total. The van der Waals surface area contributed by atoms with Gasteiger partial charge in [0.2, 0.25) is 0 Å². The van der Waals surface area contributed by atoms with E-state index in [1.54, 1.807) is 0 Å². The first-order chi connectivity index (χ1) is 4.21. The van der Waals surface area contributed by atoms with Crippen molar-refractivity contribution >= 4 is 66.1 Å². The van der Waals surface area contributed by atoms with Gasteiger partial charge < -0.3 is 9.42 Å². The average molecular weight is 377 g/mol. The Morgan fingerprint density at radius 1 is 1.60 bits per heavy atom. The Balaban J connectivity index is 3.67. The van der Waals surface area contributed by atoms with Crippen LogP contribution in [-0.4, -0.2) is 20.3 Å². The minimum atomic E-state index is -2.52. The molecule has 0 bridgehead atoms. The maximum absolute atomic E-state index is 9.02. The van der Waals surface area contributed by atoms with Crippen LogP contribution in [0.3, 0.4) is 0 Å². The highest BCUT2D eigenvalue weighted by Crippen LogP contribution is 2.42. The molecule has 0 saturated heterocycles. The molecule has 1 unspecified atom stereocenters. The van der Waals surface area contributed by atoms with Crippen LogP contribution in [0.4, 0.5) is 0 Å². The fourth-order valence-corrected chi connectivity index (χ4v) is 1.66. The third kappa shape index (κ3) is 10.0. The van der Waals surface area contributed by atoms with Crippen LogP contribution in [0.5, 0.6) is 0 Å². The van der Waals surface area contributed by atoms with Gasteiger partial charge in [-0.2, -0.15) is 0 Å². The Morgan fingerprint density at radius 3 is 2.10 bits per heavy atom. The van der Waals surface area contributed by atoms with Crippen molar-refractivity contribution in [2.45, 2.75) is 2.14 Å². The first kappa shape index (κ1) is 12.0. The Morgan fingerprint density at radius 2 is 2.00 bits per heavy atom. The predicted octanol–water partition coefficient (Wildman–Crippen LogP) is 2.77. The minimum absolute atomic E-state index is 0.275. The van der Waals surface area contributed by atoms with E-state index in [0.29, 0.717) is 0 Å². The van der Waals surface area contributed by atoms with E-state index >= 15 is 0 Å². The number of alkyl halides is 3. The van der Waals surface area contributed by atoms with Gasteiger partial charge in [-0.25, -0.2) is 0 Å². The molecule has 0 fully saturated rings. The molecule has 0 aliphatic heterocycles. The van der Waals surface area contributed by atoms with E-state index in [2.05, 4.69) is 59.6 Å². The molecule has 0 aliphatic rings. The summed E-state index contributed by atoms with van der Waals surface area (Å²) in [6.07, 6.45) is 0. The van der Waals surface area contributed by atoms with Gasteiger partial charge in [0.05, 0.1) is 6.61 Å². The van der Waals surface area contributed by atoms with E-state index < -0.39 is 8.63 Å². The predicted molar refractivity (Wildman–Crippen MR) is 57.9 cm³/mol. The van der Waals surface area contributed by atoms with Crippen LogP contribution in [0.2, 0.25) is 0 Å². The molecule has 0 aliphatic carbocycles. The van der Waals surface area contributed by atoms with Gasteiger partial charge in [-0.3, -0.25) is 0 Å². The third-order valence-corrected chi connectivity index (χ3v) is 2.08. The van der Waals surface area contributed by atoms with Gasteiger partial charge in [-0.1, -0.05) is 47.8 Å². The van der Waals surface area contributed by atoms with Crippen molar-refractivity contribution in [1.29, 1.82) is 0 Å². The van der Waals surface area contributed by atoms with Gasteiger partial charge in [0.25, 0.3) is 0 Å². The Hall–Kier alpha value is 2.01. The fourth-order valence-electron chi connectivity index (χ4n) is 0.193. The molecule has 62 valence electrons. The van der Waals surface area contributed by atoms with Gasteiger partial charge in [-0.05, 0) is 11.8 Å². The van der Waals surface area contributed by atoms with Crippen LogP contribution < -0.4 is 0 Å². The Kier molecular flexibility index (Phi) is 5.17. The molecule has 0 radical (unpaired) electrons. The van der Waals surface area contributed by atoms with Crippen LogP contribution in [0, 0.1) is 0 Å². The van der Waals surface area contributed by atoms with Crippen molar-refractivity contribution in [2.24, 2.45) is 0 Å². The van der Waals surface area contributed by atoms with E-state index in [1.165, 1.54) is 6.66 Å². The highest BCUT2D eigenvalue weighted by Gasteiger charge is 2.20. The molecule has 0 amide bonds. The van der Waals surface area contributed by atoms with Gasteiger partial charge in [-0.15, -0.1) is 0 Å². The molecule has 0 saturated carbocycles. The van der Waals surface area contributed by atoms with Crippen molar-refractivity contribution in [3.8, 4) is 0 Å². The molecule has 1 atom stereocenters. The zero-order valence-corrected chi connectivity index (χ0v) is 11.5. The highest BCUT2D eigenvalue weighted by molar-refractivity contribution is 9.39. The molecule has 2 nitrogen and oxygen atoms in total. The molecule has 0 aromatic carbocycles. The van der Waals surface area contributed by atoms with Gasteiger partial charge in [0.1, 0.15) is 0 Å². The Bertz CT molecular complexity index is 150. The molecule has 0 aromatic rings. The lowest BCUT2D eigenvalue weighted by Crippen LogP contribution is -2.08. The smallest absolute Gasteiger partial charge is 0.183 e. The van der Waals surface area contributed by atoms with Crippen LogP contribution in [0.25, 0.3) is 0 Å². The molecular formula is C3H6Br3O2PS. The lowest BCUT2D eigenvalue weighted by molar-refractivity contribution is 0.327. The molecule has 0 rings (SSSR count). The van der Waals surface area contributed by atoms with E-state index in [4.69, 9.17) is 9.42 Å². The highest BCUT2D eigenvalue weighted by atomic mass is 80.0. The second kappa shape index (κ2) is 4.30. The number of rotatable bonds is 2. The van der Waals surface area contributed by atoms with Crippen molar-refractivity contribution in [3.63, 3.8) is 0 Å². The number of hydrogen-bond acceptors (Lipinski definition) is 2. The Labute approximate surface area is 90.3 Å². The van der Waals surface area contributed by atoms with Crippen LogP contribution in [-0.2, 0) is 16.3 Å². The second-order valence-electron chi connectivity index (χ2n) is 1.69. The largest absolute Gasteiger partial charge is 0.345 e. The van der Waals surface area contributed by atoms with Crippen molar-refractivity contribution < 1.29 is 9.42 Å². The SMILES string of the molecule is CP(O)(=S)OCC(Br)(Br)Br. The number of hydrogen-bond donors (Lipinski definition) is 1. The summed E-state index contributed by atoms with van der Waals surface area (Å²) in [6, 6.07) is 0. The second-order valence-corrected chi connectivity index (χ2v) is 12.8.